The van der Waals surface area contributed by atoms with Gasteiger partial charge in [-0.1, -0.05) is 63.0 Å². The van der Waals surface area contributed by atoms with E-state index in [4.69, 9.17) is 23.2 Å². The Hall–Kier alpha value is -0.240. The van der Waals surface area contributed by atoms with Gasteiger partial charge in [-0.15, -0.1) is 0 Å². The minimum Gasteiger partial charge on any atom is -0.316 e. The van der Waals surface area contributed by atoms with E-state index in [1.807, 2.05) is 12.1 Å². The molecular formula is C16H25Cl2N. The molecule has 0 aliphatic carbocycles. The molecule has 0 spiro atoms. The first-order valence-electron chi connectivity index (χ1n) is 7.01. The van der Waals surface area contributed by atoms with E-state index in [0.717, 1.165) is 31.5 Å². The number of nitrogens with one attached hydrogen (secondary N) is 1. The summed E-state index contributed by atoms with van der Waals surface area (Å²) in [5.74, 6) is 0.677. The molecule has 1 N–H and O–H groups in total. The summed E-state index contributed by atoms with van der Waals surface area (Å²) in [6, 6.07) is 5.89. The normalized spacial score (nSPS) is 14.7. The maximum atomic E-state index is 6.29. The van der Waals surface area contributed by atoms with Crippen LogP contribution < -0.4 is 5.32 Å². The molecule has 1 atom stereocenters. The minimum atomic E-state index is 0.212. The van der Waals surface area contributed by atoms with Gasteiger partial charge in [0.15, 0.2) is 0 Å². The van der Waals surface area contributed by atoms with E-state index >= 15 is 0 Å². The van der Waals surface area contributed by atoms with Gasteiger partial charge in [-0.3, -0.25) is 0 Å². The molecule has 0 bridgehead atoms. The van der Waals surface area contributed by atoms with Gasteiger partial charge in [-0.05, 0) is 42.3 Å². The van der Waals surface area contributed by atoms with Crippen molar-refractivity contribution in [3.05, 3.63) is 33.8 Å². The minimum absolute atomic E-state index is 0.212. The Kier molecular flexibility index (Phi) is 6.65. The molecule has 108 valence electrons. The molecule has 0 amide bonds. The van der Waals surface area contributed by atoms with E-state index in [1.165, 1.54) is 0 Å². The van der Waals surface area contributed by atoms with Crippen LogP contribution in [0.4, 0.5) is 0 Å². The lowest BCUT2D eigenvalue weighted by atomic mass is 9.81. The van der Waals surface area contributed by atoms with Crippen LogP contribution in [0.1, 0.15) is 39.7 Å². The lowest BCUT2D eigenvalue weighted by Crippen LogP contribution is -2.35. The average molecular weight is 302 g/mol. The van der Waals surface area contributed by atoms with Gasteiger partial charge in [0.05, 0.1) is 10.0 Å². The van der Waals surface area contributed by atoms with Crippen LogP contribution in [-0.4, -0.2) is 13.1 Å². The van der Waals surface area contributed by atoms with Crippen molar-refractivity contribution >= 4 is 23.2 Å². The van der Waals surface area contributed by atoms with Crippen molar-refractivity contribution < 1.29 is 0 Å². The van der Waals surface area contributed by atoms with Crippen LogP contribution in [-0.2, 0) is 6.42 Å². The molecule has 1 nitrogen and oxygen atoms in total. The fraction of sp³-hybridized carbons (Fsp3) is 0.625. The molecule has 1 unspecified atom stereocenters. The first kappa shape index (κ1) is 16.8. The van der Waals surface area contributed by atoms with E-state index in [9.17, 15) is 0 Å². The third-order valence-corrected chi connectivity index (χ3v) is 4.46. The molecule has 0 radical (unpaired) electrons. The maximum absolute atomic E-state index is 6.29. The van der Waals surface area contributed by atoms with Gasteiger partial charge in [-0.2, -0.15) is 0 Å². The topological polar surface area (TPSA) is 12.0 Å². The number of hydrogen-bond donors (Lipinski definition) is 1. The second-order valence-corrected chi connectivity index (χ2v) is 6.86. The Bertz CT molecular complexity index is 404. The molecule has 3 heteroatoms. The number of halogens is 2. The molecule has 1 aromatic rings. The van der Waals surface area contributed by atoms with Crippen LogP contribution >= 0.6 is 23.2 Å². The molecule has 0 aliphatic rings. The quantitative estimate of drug-likeness (QED) is 0.730. The Morgan fingerprint density at radius 1 is 1.26 bits per heavy atom. The molecular weight excluding hydrogens is 277 g/mol. The van der Waals surface area contributed by atoms with E-state index in [1.54, 1.807) is 0 Å². The van der Waals surface area contributed by atoms with Gasteiger partial charge >= 0.3 is 0 Å². The number of hydrogen-bond acceptors (Lipinski definition) is 1. The molecule has 0 saturated heterocycles. The molecule has 0 aromatic heterocycles. The van der Waals surface area contributed by atoms with E-state index in [-0.39, 0.29) is 5.41 Å². The second kappa shape index (κ2) is 7.52. The van der Waals surface area contributed by atoms with Crippen LogP contribution in [0.15, 0.2) is 18.2 Å². The van der Waals surface area contributed by atoms with Crippen molar-refractivity contribution in [1.29, 1.82) is 0 Å². The summed E-state index contributed by atoms with van der Waals surface area (Å²) in [5.41, 5.74) is 1.35. The van der Waals surface area contributed by atoms with E-state index in [0.29, 0.717) is 16.0 Å². The molecule has 19 heavy (non-hydrogen) atoms. The Morgan fingerprint density at radius 3 is 2.53 bits per heavy atom. The smallest absolute Gasteiger partial charge is 0.0624 e. The fourth-order valence-corrected chi connectivity index (χ4v) is 2.51. The Balaban J connectivity index is 2.71. The summed E-state index contributed by atoms with van der Waals surface area (Å²) in [6.07, 6.45) is 2.06. The second-order valence-electron chi connectivity index (χ2n) is 6.08. The van der Waals surface area contributed by atoms with Crippen LogP contribution in [0.25, 0.3) is 0 Å². The summed E-state index contributed by atoms with van der Waals surface area (Å²) in [5, 5.41) is 4.90. The fourth-order valence-electron chi connectivity index (χ4n) is 2.12. The van der Waals surface area contributed by atoms with Crippen LogP contribution in [0.5, 0.6) is 0 Å². The van der Waals surface area contributed by atoms with E-state index < -0.39 is 0 Å². The summed E-state index contributed by atoms with van der Waals surface area (Å²) >= 11 is 12.4. The Labute approximate surface area is 127 Å². The highest BCUT2D eigenvalue weighted by Gasteiger charge is 2.23. The Morgan fingerprint density at radius 2 is 1.95 bits per heavy atom. The molecule has 0 aliphatic heterocycles. The molecule has 0 saturated carbocycles. The van der Waals surface area contributed by atoms with Crippen molar-refractivity contribution in [3.63, 3.8) is 0 Å². The van der Waals surface area contributed by atoms with Gasteiger partial charge < -0.3 is 5.32 Å². The summed E-state index contributed by atoms with van der Waals surface area (Å²) in [6.45, 7) is 11.0. The highest BCUT2D eigenvalue weighted by Crippen LogP contribution is 2.32. The lowest BCUT2D eigenvalue weighted by Gasteiger charge is -2.30. The molecule has 0 heterocycles. The zero-order valence-electron chi connectivity index (χ0n) is 12.4. The largest absolute Gasteiger partial charge is 0.316 e. The van der Waals surface area contributed by atoms with Crippen LogP contribution in [0, 0.1) is 11.3 Å². The van der Waals surface area contributed by atoms with Crippen molar-refractivity contribution in [2.24, 2.45) is 11.3 Å². The van der Waals surface area contributed by atoms with Crippen LogP contribution in [0.3, 0.4) is 0 Å². The average Bonchev–Trinajstić information content (AvgIpc) is 2.34. The summed E-state index contributed by atoms with van der Waals surface area (Å²) in [7, 11) is 0. The number of benzene rings is 1. The van der Waals surface area contributed by atoms with E-state index in [2.05, 4.69) is 39.1 Å². The standard InChI is InChI=1S/C16H25Cl2N/c1-5-16(4,11-19-10-12(2)3)9-13-7-6-8-14(17)15(13)18/h6-8,12,19H,5,9-11H2,1-4H3. The summed E-state index contributed by atoms with van der Waals surface area (Å²) in [4.78, 5) is 0. The predicted octanol–water partition coefficient (Wildman–Crippen LogP) is 5.20. The predicted molar refractivity (Wildman–Crippen MR) is 86.3 cm³/mol. The zero-order valence-corrected chi connectivity index (χ0v) is 13.9. The van der Waals surface area contributed by atoms with Crippen molar-refractivity contribution in [1.82, 2.24) is 5.32 Å². The van der Waals surface area contributed by atoms with Crippen LogP contribution in [0.2, 0.25) is 10.0 Å². The zero-order chi connectivity index (χ0) is 14.5. The highest BCUT2D eigenvalue weighted by atomic mass is 35.5. The first-order chi connectivity index (χ1) is 8.88. The van der Waals surface area contributed by atoms with Gasteiger partial charge in [0.25, 0.3) is 0 Å². The van der Waals surface area contributed by atoms with Crippen molar-refractivity contribution in [2.75, 3.05) is 13.1 Å². The SMILES string of the molecule is CCC(C)(CNCC(C)C)Cc1cccc(Cl)c1Cl. The third-order valence-electron chi connectivity index (χ3n) is 3.61. The number of rotatable bonds is 7. The summed E-state index contributed by atoms with van der Waals surface area (Å²) < 4.78 is 0. The third kappa shape index (κ3) is 5.33. The van der Waals surface area contributed by atoms with Gasteiger partial charge in [-0.25, -0.2) is 0 Å². The highest BCUT2D eigenvalue weighted by molar-refractivity contribution is 6.42. The van der Waals surface area contributed by atoms with Gasteiger partial charge in [0.1, 0.15) is 0 Å². The molecule has 1 aromatic carbocycles. The van der Waals surface area contributed by atoms with Crippen molar-refractivity contribution in [3.8, 4) is 0 Å². The van der Waals surface area contributed by atoms with Crippen molar-refractivity contribution in [2.45, 2.75) is 40.5 Å². The maximum Gasteiger partial charge on any atom is 0.0624 e. The first-order valence-corrected chi connectivity index (χ1v) is 7.77. The van der Waals surface area contributed by atoms with Gasteiger partial charge in [0.2, 0.25) is 0 Å². The lowest BCUT2D eigenvalue weighted by molar-refractivity contribution is 0.285. The monoisotopic (exact) mass is 301 g/mol. The van der Waals surface area contributed by atoms with Gasteiger partial charge in [0, 0.05) is 6.54 Å². The molecule has 1 rings (SSSR count). The molecule has 0 fully saturated rings.